The first-order chi connectivity index (χ1) is 17.9. The lowest BCUT2D eigenvalue weighted by Gasteiger charge is -2.31. The van der Waals surface area contributed by atoms with Crippen molar-refractivity contribution >= 4 is 52.8 Å². The van der Waals surface area contributed by atoms with Crippen LogP contribution in [0.3, 0.4) is 0 Å². The summed E-state index contributed by atoms with van der Waals surface area (Å²) in [5, 5.41) is 7.00. The highest BCUT2D eigenvalue weighted by atomic mass is 35.5. The van der Waals surface area contributed by atoms with Gasteiger partial charge in [0.15, 0.2) is 21.8 Å². The number of hydrogen-bond acceptors (Lipinski definition) is 9. The molecule has 4 aromatic rings. The number of imidazole rings is 1. The number of nitrogens with zero attached hydrogens (tertiary/aromatic N) is 1. The van der Waals surface area contributed by atoms with Gasteiger partial charge in [-0.2, -0.15) is 0 Å². The number of benzene rings is 1. The van der Waals surface area contributed by atoms with Gasteiger partial charge in [0.2, 0.25) is 5.88 Å². The summed E-state index contributed by atoms with van der Waals surface area (Å²) in [6, 6.07) is 5.39. The number of aromatic nitrogens is 3. The summed E-state index contributed by atoms with van der Waals surface area (Å²) in [5.41, 5.74) is 2.58. The van der Waals surface area contributed by atoms with Gasteiger partial charge < -0.3 is 34.5 Å². The smallest absolute Gasteiger partial charge is 0.453 e. The zero-order valence-electron chi connectivity index (χ0n) is 19.6. The van der Waals surface area contributed by atoms with Crippen LogP contribution in [-0.2, 0) is 9.53 Å². The number of nitrogens with one attached hydrogen (secondary N) is 4. The van der Waals surface area contributed by atoms with Gasteiger partial charge in [-0.15, -0.1) is 12.4 Å². The van der Waals surface area contributed by atoms with E-state index in [2.05, 4.69) is 25.6 Å². The fraction of sp³-hybridized carbons (Fsp3) is 0.208. The third-order valence-electron chi connectivity index (χ3n) is 5.98. The Bertz CT molecular complexity index is 1600. The Hall–Kier alpha value is -3.81. The fourth-order valence-electron chi connectivity index (χ4n) is 4.50. The van der Waals surface area contributed by atoms with E-state index in [1.54, 1.807) is 25.3 Å². The number of rotatable bonds is 5. The number of furan rings is 1. The Labute approximate surface area is 223 Å². The summed E-state index contributed by atoms with van der Waals surface area (Å²) in [4.78, 5) is 34.9. The van der Waals surface area contributed by atoms with Crippen molar-refractivity contribution in [3.8, 4) is 5.88 Å². The maximum absolute atomic E-state index is 14.1. The van der Waals surface area contributed by atoms with Gasteiger partial charge >= 0.3 is 6.16 Å². The van der Waals surface area contributed by atoms with Gasteiger partial charge in [0.05, 0.1) is 24.6 Å². The van der Waals surface area contributed by atoms with Crippen LogP contribution in [0.4, 0.5) is 19.3 Å². The summed E-state index contributed by atoms with van der Waals surface area (Å²) in [5.74, 6) is -1.52. The molecule has 5 heterocycles. The number of anilines is 1. The first-order valence-corrected chi connectivity index (χ1v) is 12.1. The maximum atomic E-state index is 14.1. The summed E-state index contributed by atoms with van der Waals surface area (Å²) >= 11 is 1.10. The van der Waals surface area contributed by atoms with Crippen molar-refractivity contribution in [1.82, 2.24) is 20.3 Å². The van der Waals surface area contributed by atoms with Gasteiger partial charge in [-0.3, -0.25) is 4.79 Å². The lowest BCUT2D eigenvalue weighted by Crippen LogP contribution is -2.39. The van der Waals surface area contributed by atoms with Gasteiger partial charge in [0.25, 0.3) is 0 Å². The van der Waals surface area contributed by atoms with Crippen LogP contribution in [0.2, 0.25) is 0 Å². The summed E-state index contributed by atoms with van der Waals surface area (Å²) in [6.45, 7) is 2.41. The highest BCUT2D eigenvalue weighted by molar-refractivity contribution is 7.99. The molecule has 198 valence electrons. The molecule has 6 rings (SSSR count). The lowest BCUT2D eigenvalue weighted by atomic mass is 9.82. The SMILES string of the molecule is CCOC(=O)Oc1[nH]cc2c1NC1=C(C(=O)CNC1)C2c1ccc(Sc2nc3c(F)cc(F)cc3[nH]2)o1.Cl. The van der Waals surface area contributed by atoms with Crippen LogP contribution in [0.25, 0.3) is 11.0 Å². The van der Waals surface area contributed by atoms with Crippen LogP contribution >= 0.6 is 24.2 Å². The molecule has 14 heteroatoms. The molecule has 0 fully saturated rings. The van der Waals surface area contributed by atoms with Crippen LogP contribution in [0.5, 0.6) is 5.88 Å². The second-order valence-corrected chi connectivity index (χ2v) is 9.29. The molecular weight excluding hydrogens is 544 g/mol. The average Bonchev–Trinajstić information content (AvgIpc) is 3.58. The zero-order valence-corrected chi connectivity index (χ0v) is 21.3. The molecule has 2 aliphatic heterocycles. The number of ether oxygens (including phenoxy) is 2. The molecule has 4 N–H and O–H groups in total. The minimum atomic E-state index is -0.859. The molecule has 1 atom stereocenters. The largest absolute Gasteiger partial charge is 0.515 e. The molecule has 1 unspecified atom stereocenters. The van der Waals surface area contributed by atoms with Crippen molar-refractivity contribution in [2.75, 3.05) is 25.0 Å². The van der Waals surface area contributed by atoms with Crippen LogP contribution < -0.4 is 15.4 Å². The Morgan fingerprint density at radius 1 is 1.26 bits per heavy atom. The predicted octanol–water partition coefficient (Wildman–Crippen LogP) is 4.85. The number of aromatic amines is 2. The van der Waals surface area contributed by atoms with Crippen LogP contribution in [-0.4, -0.2) is 46.6 Å². The molecule has 0 radical (unpaired) electrons. The summed E-state index contributed by atoms with van der Waals surface area (Å²) in [6.07, 6.45) is 0.786. The monoisotopic (exact) mass is 563 g/mol. The number of carbonyl (C=O) groups excluding carboxylic acids is 2. The molecular formula is C24H20ClF2N5O5S. The summed E-state index contributed by atoms with van der Waals surface area (Å²) < 4.78 is 43.9. The Morgan fingerprint density at radius 3 is 2.92 bits per heavy atom. The normalized spacial score (nSPS) is 16.5. The van der Waals surface area contributed by atoms with Crippen molar-refractivity contribution in [3.05, 3.63) is 64.7 Å². The molecule has 0 saturated heterocycles. The minimum Gasteiger partial charge on any atom is -0.453 e. The van der Waals surface area contributed by atoms with E-state index in [1.807, 2.05) is 0 Å². The maximum Gasteiger partial charge on any atom is 0.515 e. The number of hydrogen-bond donors (Lipinski definition) is 4. The quantitative estimate of drug-likeness (QED) is 0.251. The van der Waals surface area contributed by atoms with E-state index in [0.29, 0.717) is 45.1 Å². The van der Waals surface area contributed by atoms with E-state index >= 15 is 0 Å². The minimum absolute atomic E-state index is 0. The van der Waals surface area contributed by atoms with Gasteiger partial charge in [0, 0.05) is 35.6 Å². The molecule has 1 aromatic carbocycles. The van der Waals surface area contributed by atoms with Crippen LogP contribution in [0, 0.1) is 11.6 Å². The van der Waals surface area contributed by atoms with Crippen LogP contribution in [0.15, 0.2) is 56.4 Å². The van der Waals surface area contributed by atoms with E-state index in [4.69, 9.17) is 13.9 Å². The average molecular weight is 564 g/mol. The van der Waals surface area contributed by atoms with Crippen LogP contribution in [0.1, 0.15) is 24.2 Å². The van der Waals surface area contributed by atoms with Crippen molar-refractivity contribution in [2.45, 2.75) is 23.1 Å². The van der Waals surface area contributed by atoms with E-state index in [0.717, 1.165) is 23.9 Å². The molecule has 0 amide bonds. The predicted molar refractivity (Wildman–Crippen MR) is 135 cm³/mol. The van der Waals surface area contributed by atoms with Crippen molar-refractivity contribution in [3.63, 3.8) is 0 Å². The first kappa shape index (κ1) is 25.8. The van der Waals surface area contributed by atoms with E-state index in [1.165, 1.54) is 0 Å². The Morgan fingerprint density at radius 2 is 2.11 bits per heavy atom. The van der Waals surface area contributed by atoms with Gasteiger partial charge in [-0.25, -0.2) is 18.6 Å². The molecule has 38 heavy (non-hydrogen) atoms. The molecule has 0 spiro atoms. The van der Waals surface area contributed by atoms with E-state index in [9.17, 15) is 18.4 Å². The summed E-state index contributed by atoms with van der Waals surface area (Å²) in [7, 11) is 0. The molecule has 0 bridgehead atoms. The second kappa shape index (κ2) is 10.2. The first-order valence-electron chi connectivity index (χ1n) is 11.3. The molecule has 0 saturated carbocycles. The molecule has 0 aliphatic carbocycles. The van der Waals surface area contributed by atoms with E-state index in [-0.39, 0.29) is 48.3 Å². The molecule has 3 aromatic heterocycles. The number of Topliss-reactive ketones (excluding diaryl/α,β-unsaturated/α-hetero) is 1. The number of carbonyl (C=O) groups is 2. The van der Waals surface area contributed by atoms with Crippen molar-refractivity contribution < 1.29 is 32.3 Å². The third-order valence-corrected chi connectivity index (χ3v) is 6.78. The Balaban J connectivity index is 0.00000294. The highest BCUT2D eigenvalue weighted by Gasteiger charge is 2.39. The van der Waals surface area contributed by atoms with Gasteiger partial charge in [-0.05, 0) is 36.9 Å². The van der Waals surface area contributed by atoms with Gasteiger partial charge in [0.1, 0.15) is 22.8 Å². The number of fused-ring (bicyclic) bond motifs is 2. The highest BCUT2D eigenvalue weighted by Crippen LogP contribution is 2.47. The standard InChI is InChI=1S/C24H19F2N5O5S.ClH/c1-2-34-24(33)36-22-20-11(7-28-22)18(19-14(29-20)8-27-9-15(19)32)16-3-4-17(35-16)37-23-30-13-6-10(25)5-12(26)21(13)31-23;/h3-7,18,27-29H,2,8-9H2,1H3,(H,30,31);1H. The Kier molecular flexibility index (Phi) is 6.90. The zero-order chi connectivity index (χ0) is 25.7. The third kappa shape index (κ3) is 4.52. The van der Waals surface area contributed by atoms with Crippen molar-refractivity contribution in [1.29, 1.82) is 0 Å². The number of ketones is 1. The van der Waals surface area contributed by atoms with Gasteiger partial charge in [-0.1, -0.05) is 0 Å². The molecule has 10 nitrogen and oxygen atoms in total. The second-order valence-electron chi connectivity index (χ2n) is 8.29. The number of H-pyrrole nitrogens is 2. The van der Waals surface area contributed by atoms with Crippen molar-refractivity contribution in [2.24, 2.45) is 0 Å². The van der Waals surface area contributed by atoms with E-state index < -0.39 is 23.7 Å². The number of halogens is 3. The fourth-order valence-corrected chi connectivity index (χ4v) is 5.26. The molecule has 2 aliphatic rings. The topological polar surface area (TPSA) is 134 Å². The lowest BCUT2D eigenvalue weighted by molar-refractivity contribution is -0.115.